The lowest BCUT2D eigenvalue weighted by Crippen LogP contribution is -2.36. The number of hydrogen-bond donors (Lipinski definition) is 1. The van der Waals surface area contributed by atoms with E-state index in [9.17, 15) is 9.59 Å². The van der Waals surface area contributed by atoms with Crippen molar-refractivity contribution in [3.63, 3.8) is 0 Å². The zero-order chi connectivity index (χ0) is 16.1. The van der Waals surface area contributed by atoms with Gasteiger partial charge in [-0.3, -0.25) is 14.9 Å². The van der Waals surface area contributed by atoms with E-state index in [0.717, 1.165) is 7.28 Å². The third-order valence-corrected chi connectivity index (χ3v) is 4.97. The molecule has 0 aromatic carbocycles. The van der Waals surface area contributed by atoms with E-state index in [2.05, 4.69) is 10.3 Å². The van der Waals surface area contributed by atoms with Crippen LogP contribution in [0.15, 0.2) is 4.42 Å². The van der Waals surface area contributed by atoms with Gasteiger partial charge in [0.1, 0.15) is 11.5 Å². The van der Waals surface area contributed by atoms with Gasteiger partial charge in [-0.15, -0.1) is 0 Å². The van der Waals surface area contributed by atoms with Gasteiger partial charge in [0.2, 0.25) is 18.9 Å². The van der Waals surface area contributed by atoms with Crippen LogP contribution in [0.5, 0.6) is 0 Å². The number of nitrogens with one attached hydrogen (secondary N) is 1. The molecule has 124 valence electrons. The standard InChI is InChI=1S/C17H25BN2O3/c21-14-11-13-15(16(22)20-14)23-17(19-13)18-12-9-7-5-3-1-2-4-6-8-10-12/h12,18H,1-11H2,(H,20,21,22). The zero-order valence-electron chi connectivity index (χ0n) is 13.7. The lowest BCUT2D eigenvalue weighted by Gasteiger charge is -2.13. The molecule has 0 bridgehead atoms. The SMILES string of the molecule is O=C1Cc2nc(BC3CCCCCCCCCC3)oc2C(=O)N1. The molecule has 3 rings (SSSR count). The van der Waals surface area contributed by atoms with Gasteiger partial charge >= 0.3 is 0 Å². The van der Waals surface area contributed by atoms with Crippen LogP contribution >= 0.6 is 0 Å². The highest BCUT2D eigenvalue weighted by Gasteiger charge is 2.29. The van der Waals surface area contributed by atoms with Crippen molar-refractivity contribution in [1.29, 1.82) is 0 Å². The summed E-state index contributed by atoms with van der Waals surface area (Å²) in [6, 6.07) is 0. The summed E-state index contributed by atoms with van der Waals surface area (Å²) >= 11 is 0. The summed E-state index contributed by atoms with van der Waals surface area (Å²) in [6.07, 6.45) is 13.2. The lowest BCUT2D eigenvalue weighted by atomic mass is 9.60. The van der Waals surface area contributed by atoms with Crippen molar-refractivity contribution >= 4 is 24.9 Å². The van der Waals surface area contributed by atoms with Gasteiger partial charge in [-0.05, 0) is 0 Å². The Labute approximate surface area is 137 Å². The van der Waals surface area contributed by atoms with E-state index in [0.29, 0.717) is 17.3 Å². The first kappa shape index (κ1) is 16.3. The van der Waals surface area contributed by atoms with E-state index in [1.807, 2.05) is 0 Å². The topological polar surface area (TPSA) is 72.2 Å². The van der Waals surface area contributed by atoms with Crippen molar-refractivity contribution in [2.24, 2.45) is 0 Å². The van der Waals surface area contributed by atoms with Crippen molar-refractivity contribution in [3.8, 4) is 0 Å². The predicted octanol–water partition coefficient (Wildman–Crippen LogP) is 2.25. The van der Waals surface area contributed by atoms with Crippen LogP contribution in [-0.4, -0.2) is 24.1 Å². The Hall–Kier alpha value is -1.59. The molecule has 0 atom stereocenters. The molecule has 0 unspecified atom stereocenters. The number of fused-ring (bicyclic) bond motifs is 1. The molecule has 1 aliphatic carbocycles. The fraction of sp³-hybridized carbons (Fsp3) is 0.706. The summed E-state index contributed by atoms with van der Waals surface area (Å²) in [6.45, 7) is 0. The van der Waals surface area contributed by atoms with Gasteiger partial charge in [0.25, 0.3) is 5.91 Å². The van der Waals surface area contributed by atoms with E-state index in [1.165, 1.54) is 64.2 Å². The Morgan fingerprint density at radius 2 is 1.57 bits per heavy atom. The van der Waals surface area contributed by atoms with Crippen LogP contribution in [0.2, 0.25) is 5.82 Å². The number of oxazole rings is 1. The zero-order valence-corrected chi connectivity index (χ0v) is 13.7. The van der Waals surface area contributed by atoms with Gasteiger partial charge in [-0.2, -0.15) is 0 Å². The number of carbonyl (C=O) groups is 2. The van der Waals surface area contributed by atoms with Crippen LogP contribution in [0.4, 0.5) is 0 Å². The molecule has 1 saturated carbocycles. The van der Waals surface area contributed by atoms with E-state index >= 15 is 0 Å². The molecule has 1 N–H and O–H groups in total. The molecule has 0 spiro atoms. The Kier molecular flexibility index (Phi) is 5.52. The summed E-state index contributed by atoms with van der Waals surface area (Å²) in [4.78, 5) is 27.6. The number of hydrogen-bond acceptors (Lipinski definition) is 4. The molecular formula is C17H25BN2O3. The van der Waals surface area contributed by atoms with Crippen LogP contribution in [-0.2, 0) is 11.2 Å². The maximum absolute atomic E-state index is 11.8. The number of amides is 2. The molecule has 23 heavy (non-hydrogen) atoms. The van der Waals surface area contributed by atoms with E-state index < -0.39 is 5.91 Å². The van der Waals surface area contributed by atoms with Gasteiger partial charge < -0.3 is 4.42 Å². The van der Waals surface area contributed by atoms with Gasteiger partial charge in [0.05, 0.1) is 6.42 Å². The Bertz CT molecular complexity index is 558. The molecule has 2 heterocycles. The molecule has 6 heteroatoms. The Morgan fingerprint density at radius 3 is 2.22 bits per heavy atom. The molecular weight excluding hydrogens is 291 g/mol. The van der Waals surface area contributed by atoms with Crippen molar-refractivity contribution in [1.82, 2.24) is 10.3 Å². The van der Waals surface area contributed by atoms with Crippen LogP contribution in [0.3, 0.4) is 0 Å². The minimum Gasteiger partial charge on any atom is -0.446 e. The van der Waals surface area contributed by atoms with E-state index in [4.69, 9.17) is 4.42 Å². The Morgan fingerprint density at radius 1 is 0.957 bits per heavy atom. The van der Waals surface area contributed by atoms with Crippen LogP contribution in [0.25, 0.3) is 0 Å². The molecule has 1 aromatic rings. The van der Waals surface area contributed by atoms with Crippen LogP contribution < -0.4 is 11.1 Å². The average molecular weight is 316 g/mol. The van der Waals surface area contributed by atoms with E-state index in [1.54, 1.807) is 0 Å². The maximum atomic E-state index is 11.8. The summed E-state index contributed by atoms with van der Waals surface area (Å²) < 4.78 is 5.65. The largest absolute Gasteiger partial charge is 0.446 e. The molecule has 2 aliphatic rings. The highest BCUT2D eigenvalue weighted by Crippen LogP contribution is 2.25. The quantitative estimate of drug-likeness (QED) is 0.671. The normalized spacial score (nSPS) is 21.2. The number of imide groups is 1. The third-order valence-electron chi connectivity index (χ3n) is 4.97. The first-order valence-electron chi connectivity index (χ1n) is 9.05. The second-order valence-electron chi connectivity index (χ2n) is 6.91. The molecule has 2 amide bonds. The first-order valence-corrected chi connectivity index (χ1v) is 9.05. The molecule has 5 nitrogen and oxygen atoms in total. The summed E-state index contributed by atoms with van der Waals surface area (Å²) in [7, 11) is 0.786. The summed E-state index contributed by atoms with van der Waals surface area (Å²) in [5.74, 6) is 0.692. The van der Waals surface area contributed by atoms with Crippen LogP contribution in [0, 0.1) is 0 Å². The van der Waals surface area contributed by atoms with Gasteiger partial charge in [-0.25, -0.2) is 4.98 Å². The second kappa shape index (κ2) is 7.80. The number of carbonyl (C=O) groups excluding carboxylic acids is 2. The van der Waals surface area contributed by atoms with Crippen molar-refractivity contribution in [2.75, 3.05) is 0 Å². The minimum atomic E-state index is -0.447. The Balaban J connectivity index is 1.63. The van der Waals surface area contributed by atoms with Crippen LogP contribution in [0.1, 0.15) is 80.5 Å². The fourth-order valence-corrected chi connectivity index (χ4v) is 3.69. The second-order valence-corrected chi connectivity index (χ2v) is 6.91. The van der Waals surface area contributed by atoms with Crippen molar-refractivity contribution < 1.29 is 14.0 Å². The fourth-order valence-electron chi connectivity index (χ4n) is 3.69. The summed E-state index contributed by atoms with van der Waals surface area (Å²) in [5, 5.41) is 2.28. The number of nitrogens with zero attached hydrogens (tertiary/aromatic N) is 1. The van der Waals surface area contributed by atoms with Gasteiger partial charge in [0.15, 0.2) is 0 Å². The molecule has 0 saturated heterocycles. The number of rotatable bonds is 2. The highest BCUT2D eigenvalue weighted by atomic mass is 16.4. The number of aromatic nitrogens is 1. The first-order chi connectivity index (χ1) is 11.2. The average Bonchev–Trinajstić information content (AvgIpc) is 2.88. The molecule has 1 aromatic heterocycles. The predicted molar refractivity (Wildman–Crippen MR) is 89.4 cm³/mol. The monoisotopic (exact) mass is 316 g/mol. The molecule has 0 radical (unpaired) electrons. The van der Waals surface area contributed by atoms with Crippen molar-refractivity contribution in [2.45, 2.75) is 76.4 Å². The van der Waals surface area contributed by atoms with E-state index in [-0.39, 0.29) is 18.1 Å². The maximum Gasteiger partial charge on any atom is 0.295 e. The highest BCUT2D eigenvalue weighted by molar-refractivity contribution is 6.52. The lowest BCUT2D eigenvalue weighted by molar-refractivity contribution is -0.119. The molecule has 1 aliphatic heterocycles. The van der Waals surface area contributed by atoms with Gasteiger partial charge in [0, 0.05) is 0 Å². The third kappa shape index (κ3) is 4.46. The van der Waals surface area contributed by atoms with Gasteiger partial charge in [-0.1, -0.05) is 70.0 Å². The summed E-state index contributed by atoms with van der Waals surface area (Å²) in [5.41, 5.74) is 0.505. The molecule has 1 fully saturated rings. The minimum absolute atomic E-state index is 0.148. The smallest absolute Gasteiger partial charge is 0.295 e. The van der Waals surface area contributed by atoms with Crippen molar-refractivity contribution in [3.05, 3.63) is 11.5 Å².